The van der Waals surface area contributed by atoms with Crippen LogP contribution in [0, 0.1) is 0 Å². The quantitative estimate of drug-likeness (QED) is 0.332. The number of aryl methyl sites for hydroxylation is 1. The highest BCUT2D eigenvalue weighted by molar-refractivity contribution is 14.0. The van der Waals surface area contributed by atoms with E-state index in [4.69, 9.17) is 0 Å². The second kappa shape index (κ2) is 11.4. The molecule has 1 saturated heterocycles. The molecular formula is C19H26F3IN6O. The Kier molecular flexibility index (Phi) is 9.18. The second-order valence-corrected chi connectivity index (χ2v) is 6.75. The van der Waals surface area contributed by atoms with E-state index < -0.39 is 6.36 Å². The van der Waals surface area contributed by atoms with E-state index in [9.17, 15) is 13.2 Å². The van der Waals surface area contributed by atoms with Gasteiger partial charge in [-0.15, -0.1) is 47.3 Å². The summed E-state index contributed by atoms with van der Waals surface area (Å²) in [7, 11) is 0. The summed E-state index contributed by atoms with van der Waals surface area (Å²) in [4.78, 5) is 6.87. The van der Waals surface area contributed by atoms with Crippen LogP contribution < -0.4 is 10.1 Å². The van der Waals surface area contributed by atoms with E-state index in [1.54, 1.807) is 18.5 Å². The molecule has 1 aliphatic rings. The van der Waals surface area contributed by atoms with E-state index in [2.05, 4.69) is 30.1 Å². The monoisotopic (exact) mass is 538 g/mol. The highest BCUT2D eigenvalue weighted by Crippen LogP contribution is 2.23. The van der Waals surface area contributed by atoms with Crippen LogP contribution in [0.2, 0.25) is 0 Å². The van der Waals surface area contributed by atoms with E-state index in [1.165, 1.54) is 12.1 Å². The molecule has 0 aliphatic carbocycles. The van der Waals surface area contributed by atoms with Gasteiger partial charge in [-0.2, -0.15) is 0 Å². The molecule has 0 amide bonds. The summed E-state index contributed by atoms with van der Waals surface area (Å²) in [5.74, 6) is 1.51. The lowest BCUT2D eigenvalue weighted by Gasteiger charge is -2.21. The first-order valence-electron chi connectivity index (χ1n) is 9.69. The maximum absolute atomic E-state index is 12.3. The molecule has 166 valence electrons. The number of ether oxygens (including phenoxy) is 1. The molecule has 3 rings (SSSR count). The molecule has 0 saturated carbocycles. The van der Waals surface area contributed by atoms with Gasteiger partial charge in [0.1, 0.15) is 17.9 Å². The summed E-state index contributed by atoms with van der Waals surface area (Å²) in [6.07, 6.45) is 0.0962. The molecule has 1 aliphatic heterocycles. The molecule has 1 aromatic carbocycles. The first kappa shape index (κ1) is 24.2. The minimum atomic E-state index is -4.69. The zero-order chi connectivity index (χ0) is 20.7. The van der Waals surface area contributed by atoms with Gasteiger partial charge in [0, 0.05) is 32.6 Å². The Balaban J connectivity index is 0.00000320. The molecule has 1 fully saturated rings. The summed E-state index contributed by atoms with van der Waals surface area (Å²) in [6.45, 7) is 5.70. The molecule has 11 heteroatoms. The number of alkyl halides is 3. The van der Waals surface area contributed by atoms with Gasteiger partial charge in [-0.3, -0.25) is 0 Å². The zero-order valence-corrected chi connectivity index (χ0v) is 19.1. The van der Waals surface area contributed by atoms with Crippen molar-refractivity contribution in [2.75, 3.05) is 19.6 Å². The highest BCUT2D eigenvalue weighted by Gasteiger charge is 2.30. The first-order chi connectivity index (χ1) is 13.9. The number of benzene rings is 1. The fourth-order valence-electron chi connectivity index (χ4n) is 3.19. The standard InChI is InChI=1S/C19H25F3N6O.HI/c1-2-17-26-25-14-28(17)12-9-23-18(27-10-3-4-11-27)24-13-15-5-7-16(8-6-15)29-19(20,21)22;/h5-8,14H,2-4,9-13H2,1H3,(H,23,24);1H. The van der Waals surface area contributed by atoms with Gasteiger partial charge in [0.25, 0.3) is 0 Å². The second-order valence-electron chi connectivity index (χ2n) is 6.75. The Hall–Kier alpha value is -2.05. The summed E-state index contributed by atoms with van der Waals surface area (Å²) < 4.78 is 42.7. The van der Waals surface area contributed by atoms with E-state index in [0.717, 1.165) is 56.2 Å². The van der Waals surface area contributed by atoms with Gasteiger partial charge in [0.15, 0.2) is 5.96 Å². The van der Waals surface area contributed by atoms with Gasteiger partial charge in [0.05, 0.1) is 6.54 Å². The Bertz CT molecular complexity index is 803. The van der Waals surface area contributed by atoms with Crippen molar-refractivity contribution < 1.29 is 17.9 Å². The van der Waals surface area contributed by atoms with Gasteiger partial charge in [-0.05, 0) is 30.5 Å². The number of aliphatic imine (C=N–C) groups is 1. The third-order valence-corrected chi connectivity index (χ3v) is 4.62. The number of rotatable bonds is 7. The van der Waals surface area contributed by atoms with Crippen LogP contribution in [0.3, 0.4) is 0 Å². The fraction of sp³-hybridized carbons (Fsp3) is 0.526. The number of hydrogen-bond acceptors (Lipinski definition) is 4. The van der Waals surface area contributed by atoms with Gasteiger partial charge < -0.3 is 19.5 Å². The molecule has 2 aromatic rings. The normalized spacial score (nSPS) is 14.5. The number of halogens is 4. The number of nitrogens with zero attached hydrogens (tertiary/aromatic N) is 5. The number of likely N-dealkylation sites (tertiary alicyclic amines) is 1. The number of guanidine groups is 1. The van der Waals surface area contributed by atoms with Crippen molar-refractivity contribution in [1.29, 1.82) is 0 Å². The fourth-order valence-corrected chi connectivity index (χ4v) is 3.19. The summed E-state index contributed by atoms with van der Waals surface area (Å²) in [5.41, 5.74) is 0.810. The lowest BCUT2D eigenvalue weighted by atomic mass is 10.2. The molecule has 7 nitrogen and oxygen atoms in total. The Morgan fingerprint density at radius 2 is 1.90 bits per heavy atom. The topological polar surface area (TPSA) is 67.6 Å². The molecule has 0 unspecified atom stereocenters. The van der Waals surface area contributed by atoms with Crippen LogP contribution in [0.4, 0.5) is 13.2 Å². The molecule has 0 spiro atoms. The van der Waals surface area contributed by atoms with E-state index in [1.807, 2.05) is 11.5 Å². The van der Waals surface area contributed by atoms with Gasteiger partial charge in [-0.1, -0.05) is 19.1 Å². The molecule has 0 radical (unpaired) electrons. The molecule has 0 bridgehead atoms. The predicted octanol–water partition coefficient (Wildman–Crippen LogP) is 3.60. The Morgan fingerprint density at radius 3 is 2.53 bits per heavy atom. The molecule has 2 heterocycles. The van der Waals surface area contributed by atoms with Crippen molar-refractivity contribution >= 4 is 29.9 Å². The van der Waals surface area contributed by atoms with E-state index in [-0.39, 0.29) is 29.7 Å². The van der Waals surface area contributed by atoms with Crippen molar-refractivity contribution in [3.63, 3.8) is 0 Å². The molecular weight excluding hydrogens is 512 g/mol. The van der Waals surface area contributed by atoms with E-state index >= 15 is 0 Å². The largest absolute Gasteiger partial charge is 0.573 e. The van der Waals surface area contributed by atoms with Crippen LogP contribution in [0.25, 0.3) is 0 Å². The smallest absolute Gasteiger partial charge is 0.406 e. The van der Waals surface area contributed by atoms with Crippen LogP contribution in [0.15, 0.2) is 35.6 Å². The molecule has 1 aromatic heterocycles. The van der Waals surface area contributed by atoms with Crippen LogP contribution in [-0.2, 0) is 19.5 Å². The van der Waals surface area contributed by atoms with Crippen molar-refractivity contribution in [3.8, 4) is 5.75 Å². The average Bonchev–Trinajstić information content (AvgIpc) is 3.36. The van der Waals surface area contributed by atoms with Crippen molar-refractivity contribution in [2.24, 2.45) is 4.99 Å². The van der Waals surface area contributed by atoms with E-state index in [0.29, 0.717) is 13.1 Å². The average molecular weight is 538 g/mol. The Labute approximate surface area is 190 Å². The summed E-state index contributed by atoms with van der Waals surface area (Å²) in [6, 6.07) is 5.80. The summed E-state index contributed by atoms with van der Waals surface area (Å²) in [5, 5.41) is 11.4. The van der Waals surface area contributed by atoms with Crippen molar-refractivity contribution in [2.45, 2.75) is 45.6 Å². The zero-order valence-electron chi connectivity index (χ0n) is 16.7. The number of hydrogen-bond donors (Lipinski definition) is 1. The predicted molar refractivity (Wildman–Crippen MR) is 118 cm³/mol. The summed E-state index contributed by atoms with van der Waals surface area (Å²) >= 11 is 0. The minimum absolute atomic E-state index is 0. The van der Waals surface area contributed by atoms with Crippen LogP contribution in [-0.4, -0.2) is 51.6 Å². The highest BCUT2D eigenvalue weighted by atomic mass is 127. The van der Waals surface area contributed by atoms with Crippen molar-refractivity contribution in [1.82, 2.24) is 25.0 Å². The van der Waals surface area contributed by atoms with Crippen LogP contribution in [0.1, 0.15) is 31.2 Å². The lowest BCUT2D eigenvalue weighted by molar-refractivity contribution is -0.274. The third kappa shape index (κ3) is 7.33. The molecule has 0 atom stereocenters. The van der Waals surface area contributed by atoms with Gasteiger partial charge in [0.2, 0.25) is 0 Å². The van der Waals surface area contributed by atoms with Crippen LogP contribution in [0.5, 0.6) is 5.75 Å². The van der Waals surface area contributed by atoms with Crippen LogP contribution >= 0.6 is 24.0 Å². The van der Waals surface area contributed by atoms with Crippen molar-refractivity contribution in [3.05, 3.63) is 42.0 Å². The lowest BCUT2D eigenvalue weighted by Crippen LogP contribution is -2.41. The maximum Gasteiger partial charge on any atom is 0.573 e. The molecule has 1 N–H and O–H groups in total. The maximum atomic E-state index is 12.3. The van der Waals surface area contributed by atoms with Gasteiger partial charge in [-0.25, -0.2) is 4.99 Å². The minimum Gasteiger partial charge on any atom is -0.406 e. The number of aromatic nitrogens is 3. The first-order valence-corrected chi connectivity index (χ1v) is 9.69. The SMILES string of the molecule is CCc1nncn1CCNC(=NCc1ccc(OC(F)(F)F)cc1)N1CCCC1.I. The Morgan fingerprint density at radius 1 is 1.20 bits per heavy atom. The molecule has 30 heavy (non-hydrogen) atoms. The van der Waals surface area contributed by atoms with Gasteiger partial charge >= 0.3 is 6.36 Å². The third-order valence-electron chi connectivity index (χ3n) is 4.62. The number of nitrogens with one attached hydrogen (secondary N) is 1.